The van der Waals surface area contributed by atoms with Gasteiger partial charge in [-0.25, -0.2) is 9.97 Å². The molecule has 0 saturated heterocycles. The first-order chi connectivity index (χ1) is 28.9. The lowest BCUT2D eigenvalue weighted by Crippen LogP contribution is -1.95. The van der Waals surface area contributed by atoms with Crippen molar-refractivity contribution in [3.05, 3.63) is 180 Å². The minimum atomic E-state index is 0.132. The first-order valence-electron chi connectivity index (χ1n) is 19.3. The van der Waals surface area contributed by atoms with Gasteiger partial charge in [0.1, 0.15) is 29.6 Å². The molecule has 0 amide bonds. The molecule has 0 aliphatic carbocycles. The highest BCUT2D eigenvalue weighted by molar-refractivity contribution is 6.00. The fourth-order valence-corrected chi connectivity index (χ4v) is 7.89. The second-order valence-electron chi connectivity index (χ2n) is 14.5. The summed E-state index contributed by atoms with van der Waals surface area (Å²) in [6.07, 6.45) is 7.97. The first-order valence-corrected chi connectivity index (χ1v) is 19.3. The monoisotopic (exact) mass is 768 g/mol. The van der Waals surface area contributed by atoms with Gasteiger partial charge in [0.15, 0.2) is 0 Å². The van der Waals surface area contributed by atoms with Gasteiger partial charge in [-0.2, -0.15) is 0 Å². The van der Waals surface area contributed by atoms with Crippen LogP contribution < -0.4 is 4.74 Å². The smallest absolute Gasteiger partial charge is 0.120 e. The molecule has 5 N–H and O–H groups in total. The second-order valence-corrected chi connectivity index (χ2v) is 14.5. The largest absolute Gasteiger partial charge is 0.508 e. The number of rotatable bonds is 7. The van der Waals surface area contributed by atoms with E-state index in [1.165, 1.54) is 0 Å². The summed E-state index contributed by atoms with van der Waals surface area (Å²) in [5, 5.41) is 32.0. The molecule has 284 valence electrons. The third kappa shape index (κ3) is 6.89. The van der Waals surface area contributed by atoms with Gasteiger partial charge in [-0.15, -0.1) is 0 Å². The molecule has 0 saturated carbocycles. The van der Waals surface area contributed by atoms with Crippen molar-refractivity contribution in [2.45, 2.75) is 6.61 Å². The van der Waals surface area contributed by atoms with E-state index in [0.29, 0.717) is 23.7 Å². The van der Waals surface area contributed by atoms with Gasteiger partial charge in [0.25, 0.3) is 0 Å². The number of H-pyrrole nitrogens is 2. The van der Waals surface area contributed by atoms with Crippen molar-refractivity contribution in [2.24, 2.45) is 0 Å². The number of phenols is 3. The lowest BCUT2D eigenvalue weighted by Gasteiger charge is -2.10. The van der Waals surface area contributed by atoms with E-state index < -0.39 is 0 Å². The number of benzene rings is 5. The summed E-state index contributed by atoms with van der Waals surface area (Å²) >= 11 is 0. The number of phenolic OH excluding ortho intramolecular Hbond substituents is 3. The maximum atomic E-state index is 10.7. The second kappa shape index (κ2) is 14.8. The lowest BCUT2D eigenvalue weighted by molar-refractivity contribution is 0.306. The van der Waals surface area contributed by atoms with Crippen LogP contribution in [0.1, 0.15) is 28.3 Å². The maximum Gasteiger partial charge on any atom is 0.120 e. The minimum Gasteiger partial charge on any atom is -0.508 e. The molecule has 8 bridgehead atoms. The van der Waals surface area contributed by atoms with E-state index in [2.05, 4.69) is 16.0 Å². The molecule has 5 aromatic carbocycles. The molecule has 8 heteroatoms. The topological polar surface area (TPSA) is 127 Å². The number of fused-ring (bicyclic) bond motifs is 8. The van der Waals surface area contributed by atoms with Crippen LogP contribution in [0.3, 0.4) is 0 Å². The fourth-order valence-electron chi connectivity index (χ4n) is 7.89. The Balaban J connectivity index is 1.31. The maximum absolute atomic E-state index is 10.7. The average Bonchev–Trinajstić information content (AvgIpc) is 4.09. The van der Waals surface area contributed by atoms with E-state index in [-0.39, 0.29) is 17.2 Å². The summed E-state index contributed by atoms with van der Waals surface area (Å²) in [5.74, 6) is 1.12. The first kappa shape index (κ1) is 35.3. The standard InChI is InChI=1S/C51H36N4O4/c56-36-14-4-10-32(26-36)48-40-18-20-42(52-40)49(33-11-5-15-37(57)27-33)44-22-24-46(54-44)51(35-13-7-17-39(29-35)59-30-31-8-2-1-3-9-31)47-25-23-45(55-47)50(43-21-19-41(48)53-43)34-12-6-16-38(58)28-34/h1-29,52,55-58H,30H2. The Morgan fingerprint density at radius 3 is 1.15 bits per heavy atom. The summed E-state index contributed by atoms with van der Waals surface area (Å²) in [6.45, 7) is 0.423. The van der Waals surface area contributed by atoms with Crippen molar-refractivity contribution in [1.82, 2.24) is 19.9 Å². The predicted octanol–water partition coefficient (Wildman–Crippen LogP) is 12.0. The molecule has 10 rings (SSSR count). The lowest BCUT2D eigenvalue weighted by atomic mass is 10.0. The van der Waals surface area contributed by atoms with Crippen LogP contribution in [0.2, 0.25) is 0 Å². The number of ether oxygens (including phenoxy) is 1. The van der Waals surface area contributed by atoms with Crippen LogP contribution in [0.4, 0.5) is 0 Å². The summed E-state index contributed by atoms with van der Waals surface area (Å²) in [7, 11) is 0. The number of hydrogen-bond acceptors (Lipinski definition) is 6. The van der Waals surface area contributed by atoms with E-state index in [1.54, 1.807) is 36.4 Å². The van der Waals surface area contributed by atoms with Crippen molar-refractivity contribution in [2.75, 3.05) is 0 Å². The molecule has 8 aromatic rings. The Morgan fingerprint density at radius 2 is 0.763 bits per heavy atom. The van der Waals surface area contributed by atoms with E-state index in [0.717, 1.165) is 83.6 Å². The number of aromatic hydroxyl groups is 3. The van der Waals surface area contributed by atoms with Gasteiger partial charge in [0.05, 0.1) is 22.8 Å². The zero-order valence-electron chi connectivity index (χ0n) is 31.6. The highest BCUT2D eigenvalue weighted by Crippen LogP contribution is 2.40. The van der Waals surface area contributed by atoms with Crippen LogP contribution in [0, 0.1) is 0 Å². The Hall–Kier alpha value is -8.10. The highest BCUT2D eigenvalue weighted by Gasteiger charge is 2.20. The molecule has 5 heterocycles. The van der Waals surface area contributed by atoms with Crippen LogP contribution in [0.5, 0.6) is 23.0 Å². The number of nitrogens with zero attached hydrogens (tertiary/aromatic N) is 2. The van der Waals surface area contributed by atoms with E-state index >= 15 is 0 Å². The van der Waals surface area contributed by atoms with Gasteiger partial charge < -0.3 is 30.0 Å². The van der Waals surface area contributed by atoms with Crippen molar-refractivity contribution in [3.63, 3.8) is 0 Å². The number of aromatic nitrogens is 4. The molecule has 59 heavy (non-hydrogen) atoms. The number of nitrogens with one attached hydrogen (secondary N) is 2. The SMILES string of the molecule is Oc1cccc(-c2c3nc(c(-c4cccc(O)c4)c4ccc([nH]4)c(-c4cccc(OCc5ccccc5)c4)c4nc(c(-c5cccc(O)c5)c5ccc2[nH]5)C=C4)C=C3)c1. The van der Waals surface area contributed by atoms with Crippen LogP contribution in [0.25, 0.3) is 90.9 Å². The van der Waals surface area contributed by atoms with Crippen LogP contribution in [-0.4, -0.2) is 35.3 Å². The van der Waals surface area contributed by atoms with Crippen molar-refractivity contribution < 1.29 is 20.1 Å². The fraction of sp³-hybridized carbons (Fsp3) is 0.0196. The highest BCUT2D eigenvalue weighted by atomic mass is 16.5. The molecule has 0 unspecified atom stereocenters. The van der Waals surface area contributed by atoms with Gasteiger partial charge in [-0.05, 0) is 125 Å². The van der Waals surface area contributed by atoms with Crippen molar-refractivity contribution >= 4 is 46.4 Å². The molecule has 2 aliphatic rings. The number of aromatic amines is 2. The van der Waals surface area contributed by atoms with E-state index in [4.69, 9.17) is 14.7 Å². The molecule has 0 radical (unpaired) electrons. The van der Waals surface area contributed by atoms with Crippen molar-refractivity contribution in [3.8, 4) is 67.5 Å². The normalized spacial score (nSPS) is 11.9. The summed E-state index contributed by atoms with van der Waals surface area (Å²) in [6, 6.07) is 47.7. The average molecular weight is 769 g/mol. The predicted molar refractivity (Wildman–Crippen MR) is 236 cm³/mol. The Kier molecular flexibility index (Phi) is 8.84. The molecule has 3 aromatic heterocycles. The van der Waals surface area contributed by atoms with Gasteiger partial charge in [0.2, 0.25) is 0 Å². The van der Waals surface area contributed by atoms with Gasteiger partial charge in [0, 0.05) is 44.3 Å². The Morgan fingerprint density at radius 1 is 0.390 bits per heavy atom. The van der Waals surface area contributed by atoms with Gasteiger partial charge >= 0.3 is 0 Å². The molecule has 0 fully saturated rings. The van der Waals surface area contributed by atoms with Crippen LogP contribution in [0.15, 0.2) is 152 Å². The molecule has 8 nitrogen and oxygen atoms in total. The van der Waals surface area contributed by atoms with Crippen LogP contribution in [-0.2, 0) is 6.61 Å². The summed E-state index contributed by atoms with van der Waals surface area (Å²) < 4.78 is 6.31. The molecular formula is C51H36N4O4. The van der Waals surface area contributed by atoms with E-state index in [1.807, 2.05) is 133 Å². The van der Waals surface area contributed by atoms with Crippen LogP contribution >= 0.6 is 0 Å². The summed E-state index contributed by atoms with van der Waals surface area (Å²) in [4.78, 5) is 18.0. The zero-order chi connectivity index (χ0) is 39.9. The van der Waals surface area contributed by atoms with Crippen molar-refractivity contribution in [1.29, 1.82) is 0 Å². The third-order valence-electron chi connectivity index (χ3n) is 10.5. The van der Waals surface area contributed by atoms with Gasteiger partial charge in [-0.3, -0.25) is 0 Å². The number of hydrogen-bond donors (Lipinski definition) is 5. The minimum absolute atomic E-state index is 0.132. The van der Waals surface area contributed by atoms with E-state index in [9.17, 15) is 15.3 Å². The Bertz CT molecular complexity index is 3120. The third-order valence-corrected chi connectivity index (χ3v) is 10.5. The summed E-state index contributed by atoms with van der Waals surface area (Å²) in [5.41, 5.74) is 13.5. The Labute approximate surface area is 339 Å². The quantitative estimate of drug-likeness (QED) is 0.110. The molecule has 0 atom stereocenters. The zero-order valence-corrected chi connectivity index (χ0v) is 31.6. The van der Waals surface area contributed by atoms with Gasteiger partial charge in [-0.1, -0.05) is 78.9 Å². The molecule has 0 spiro atoms. The molecule has 2 aliphatic heterocycles. The molecular weight excluding hydrogens is 733 g/mol.